The maximum absolute atomic E-state index is 12.6. The molecule has 0 spiro atoms. The van der Waals surface area contributed by atoms with Gasteiger partial charge in [0.15, 0.2) is 0 Å². The number of hydrogen-bond acceptors (Lipinski definition) is 2. The largest absolute Gasteiger partial charge is 0.355 e. The fourth-order valence-corrected chi connectivity index (χ4v) is 3.81. The molecule has 2 atom stereocenters. The third-order valence-corrected chi connectivity index (χ3v) is 4.85. The van der Waals surface area contributed by atoms with Crippen LogP contribution in [0.4, 0.5) is 0 Å². The number of halogens is 2. The van der Waals surface area contributed by atoms with Crippen molar-refractivity contribution in [2.75, 3.05) is 6.54 Å². The van der Waals surface area contributed by atoms with Crippen molar-refractivity contribution in [2.45, 2.75) is 23.6 Å². The van der Waals surface area contributed by atoms with E-state index in [0.717, 1.165) is 16.8 Å². The molecule has 0 bridgehead atoms. The van der Waals surface area contributed by atoms with Crippen molar-refractivity contribution in [1.82, 2.24) is 10.3 Å². The summed E-state index contributed by atoms with van der Waals surface area (Å²) in [6.45, 7) is 0.560. The van der Waals surface area contributed by atoms with Gasteiger partial charge in [-0.2, -0.15) is 0 Å². The van der Waals surface area contributed by atoms with E-state index in [0.29, 0.717) is 19.4 Å². The Kier molecular flexibility index (Phi) is 5.19. The second kappa shape index (κ2) is 7.33. The standard InChI is InChI=1S/C18H18Cl2N2O/c19-17(20)16-14-7-2-1-5-12(14)11-15(16)18(23)22-10-8-13-6-3-4-9-21-13/h1-7,9,15-17H,8,10-11H2,(H,22,23). The van der Waals surface area contributed by atoms with E-state index >= 15 is 0 Å². The van der Waals surface area contributed by atoms with Crippen molar-refractivity contribution in [3.05, 3.63) is 65.5 Å². The van der Waals surface area contributed by atoms with Crippen molar-refractivity contribution in [2.24, 2.45) is 5.92 Å². The summed E-state index contributed by atoms with van der Waals surface area (Å²) in [5, 5.41) is 3.00. The van der Waals surface area contributed by atoms with E-state index in [1.54, 1.807) is 6.20 Å². The van der Waals surface area contributed by atoms with Crippen molar-refractivity contribution in [3.63, 3.8) is 0 Å². The van der Waals surface area contributed by atoms with Gasteiger partial charge in [0, 0.05) is 30.8 Å². The molecule has 1 aromatic heterocycles. The molecule has 0 radical (unpaired) electrons. The predicted octanol–water partition coefficient (Wildman–Crippen LogP) is 3.50. The number of benzene rings is 1. The number of nitrogens with one attached hydrogen (secondary N) is 1. The number of aromatic nitrogens is 1. The summed E-state index contributed by atoms with van der Waals surface area (Å²) in [7, 11) is 0. The first-order valence-electron chi connectivity index (χ1n) is 7.70. The van der Waals surface area contributed by atoms with E-state index in [4.69, 9.17) is 23.2 Å². The van der Waals surface area contributed by atoms with Gasteiger partial charge in [0.25, 0.3) is 0 Å². The van der Waals surface area contributed by atoms with Crippen molar-refractivity contribution < 1.29 is 4.79 Å². The average Bonchev–Trinajstić information content (AvgIpc) is 2.95. The topological polar surface area (TPSA) is 42.0 Å². The van der Waals surface area contributed by atoms with Crippen molar-refractivity contribution in [3.8, 4) is 0 Å². The molecule has 1 amide bonds. The molecular weight excluding hydrogens is 331 g/mol. The van der Waals surface area contributed by atoms with Crippen LogP contribution in [-0.4, -0.2) is 22.3 Å². The zero-order chi connectivity index (χ0) is 16.2. The van der Waals surface area contributed by atoms with Crippen LogP contribution >= 0.6 is 23.2 Å². The van der Waals surface area contributed by atoms with Gasteiger partial charge in [0.2, 0.25) is 5.91 Å². The molecule has 5 heteroatoms. The Hall–Kier alpha value is -1.58. The van der Waals surface area contributed by atoms with E-state index in [2.05, 4.69) is 10.3 Å². The van der Waals surface area contributed by atoms with E-state index < -0.39 is 4.84 Å². The second-order valence-electron chi connectivity index (χ2n) is 5.73. The summed E-state index contributed by atoms with van der Waals surface area (Å²) in [4.78, 5) is 16.2. The minimum atomic E-state index is -0.592. The lowest BCUT2D eigenvalue weighted by Crippen LogP contribution is -2.35. The fourth-order valence-electron chi connectivity index (χ4n) is 3.18. The second-order valence-corrected chi connectivity index (χ2v) is 6.90. The molecule has 120 valence electrons. The molecule has 3 rings (SSSR count). The van der Waals surface area contributed by atoms with Crippen LogP contribution in [0.1, 0.15) is 22.7 Å². The molecule has 1 aromatic carbocycles. The number of rotatable bonds is 5. The normalized spacial score (nSPS) is 19.6. The lowest BCUT2D eigenvalue weighted by atomic mass is 9.93. The zero-order valence-electron chi connectivity index (χ0n) is 12.6. The number of alkyl halides is 2. The van der Waals surface area contributed by atoms with Gasteiger partial charge in [0.1, 0.15) is 4.84 Å². The minimum absolute atomic E-state index is 0.00781. The molecule has 0 saturated heterocycles. The van der Waals surface area contributed by atoms with Gasteiger partial charge in [0.05, 0.1) is 5.92 Å². The fraction of sp³-hybridized carbons (Fsp3) is 0.333. The molecule has 1 aliphatic carbocycles. The molecule has 1 aliphatic rings. The van der Waals surface area contributed by atoms with Crippen LogP contribution in [0, 0.1) is 5.92 Å². The lowest BCUT2D eigenvalue weighted by molar-refractivity contribution is -0.125. The SMILES string of the molecule is O=C(NCCc1ccccn1)C1Cc2ccccc2C1C(Cl)Cl. The van der Waals surface area contributed by atoms with Crippen LogP contribution in [0.5, 0.6) is 0 Å². The van der Waals surface area contributed by atoms with Gasteiger partial charge < -0.3 is 5.32 Å². The number of fused-ring (bicyclic) bond motifs is 1. The Balaban J connectivity index is 1.63. The third kappa shape index (κ3) is 3.67. The van der Waals surface area contributed by atoms with Gasteiger partial charge in [-0.1, -0.05) is 30.3 Å². The van der Waals surface area contributed by atoms with Crippen LogP contribution in [-0.2, 0) is 17.6 Å². The van der Waals surface area contributed by atoms with Gasteiger partial charge >= 0.3 is 0 Å². The first-order valence-corrected chi connectivity index (χ1v) is 8.57. The van der Waals surface area contributed by atoms with E-state index in [-0.39, 0.29) is 17.7 Å². The first kappa shape index (κ1) is 16.3. The number of nitrogens with zero attached hydrogens (tertiary/aromatic N) is 1. The molecule has 0 aliphatic heterocycles. The highest BCUT2D eigenvalue weighted by molar-refractivity contribution is 6.45. The van der Waals surface area contributed by atoms with E-state index in [1.165, 1.54) is 0 Å². The Morgan fingerprint density at radius 1 is 1.22 bits per heavy atom. The highest BCUT2D eigenvalue weighted by Gasteiger charge is 2.40. The van der Waals surface area contributed by atoms with Gasteiger partial charge in [-0.15, -0.1) is 23.2 Å². The third-order valence-electron chi connectivity index (χ3n) is 4.30. The van der Waals surface area contributed by atoms with Crippen molar-refractivity contribution >= 4 is 29.1 Å². The monoisotopic (exact) mass is 348 g/mol. The Bertz CT molecular complexity index is 676. The Labute approximate surface area is 146 Å². The molecule has 2 unspecified atom stereocenters. The highest BCUT2D eigenvalue weighted by Crippen LogP contribution is 2.43. The van der Waals surface area contributed by atoms with Gasteiger partial charge in [-0.3, -0.25) is 9.78 Å². The van der Waals surface area contributed by atoms with Crippen molar-refractivity contribution in [1.29, 1.82) is 0 Å². The lowest BCUT2D eigenvalue weighted by Gasteiger charge is -2.21. The van der Waals surface area contributed by atoms with Crippen LogP contribution in [0.25, 0.3) is 0 Å². The van der Waals surface area contributed by atoms with Gasteiger partial charge in [-0.25, -0.2) is 0 Å². The predicted molar refractivity (Wildman–Crippen MR) is 92.8 cm³/mol. The minimum Gasteiger partial charge on any atom is -0.355 e. The van der Waals surface area contributed by atoms with E-state index in [1.807, 2.05) is 42.5 Å². The van der Waals surface area contributed by atoms with Crippen LogP contribution in [0.15, 0.2) is 48.7 Å². The smallest absolute Gasteiger partial charge is 0.224 e. The number of carbonyl (C=O) groups is 1. The first-order chi connectivity index (χ1) is 11.2. The Morgan fingerprint density at radius 2 is 2.00 bits per heavy atom. The highest BCUT2D eigenvalue weighted by atomic mass is 35.5. The molecule has 3 nitrogen and oxygen atoms in total. The van der Waals surface area contributed by atoms with E-state index in [9.17, 15) is 4.79 Å². The van der Waals surface area contributed by atoms with Crippen LogP contribution < -0.4 is 5.32 Å². The summed E-state index contributed by atoms with van der Waals surface area (Å²) in [6.07, 6.45) is 3.15. The molecule has 0 fully saturated rings. The zero-order valence-corrected chi connectivity index (χ0v) is 14.1. The summed E-state index contributed by atoms with van der Waals surface area (Å²) in [5.74, 6) is -0.353. The maximum atomic E-state index is 12.6. The summed E-state index contributed by atoms with van der Waals surface area (Å²) in [5.41, 5.74) is 3.22. The van der Waals surface area contributed by atoms with Gasteiger partial charge in [-0.05, 0) is 29.7 Å². The number of pyridine rings is 1. The summed E-state index contributed by atoms with van der Waals surface area (Å²) < 4.78 is 0. The molecule has 2 aromatic rings. The molecule has 1 N–H and O–H groups in total. The quantitative estimate of drug-likeness (QED) is 0.840. The maximum Gasteiger partial charge on any atom is 0.224 e. The Morgan fingerprint density at radius 3 is 2.74 bits per heavy atom. The molecule has 23 heavy (non-hydrogen) atoms. The molecule has 0 saturated carbocycles. The molecular formula is C18H18Cl2N2O. The number of carbonyl (C=O) groups excluding carboxylic acids is 1. The van der Waals surface area contributed by atoms with Crippen LogP contribution in [0.3, 0.4) is 0 Å². The number of amides is 1. The average molecular weight is 349 g/mol. The van der Waals surface area contributed by atoms with Crippen LogP contribution in [0.2, 0.25) is 0 Å². The summed E-state index contributed by atoms with van der Waals surface area (Å²) in [6, 6.07) is 13.8. The summed E-state index contributed by atoms with van der Waals surface area (Å²) >= 11 is 12.3. The number of hydrogen-bond donors (Lipinski definition) is 1. The molecule has 1 heterocycles.